The Labute approximate surface area is 208 Å². The summed E-state index contributed by atoms with van der Waals surface area (Å²) in [6, 6.07) is 18.7. The van der Waals surface area contributed by atoms with Crippen LogP contribution in [0.5, 0.6) is 0 Å². The van der Waals surface area contributed by atoms with E-state index in [0.717, 1.165) is 27.8 Å². The lowest BCUT2D eigenvalue weighted by atomic mass is 9.94. The minimum atomic E-state index is -0.859. The first-order valence-electron chi connectivity index (χ1n) is 11.7. The summed E-state index contributed by atoms with van der Waals surface area (Å²) in [7, 11) is 1.66. The van der Waals surface area contributed by atoms with Crippen LogP contribution < -0.4 is 5.32 Å². The molecule has 8 heteroatoms. The maximum Gasteiger partial charge on any atom is 0.304 e. The van der Waals surface area contributed by atoms with Crippen LogP contribution in [0.1, 0.15) is 23.1 Å². The van der Waals surface area contributed by atoms with E-state index in [4.69, 9.17) is 14.4 Å². The van der Waals surface area contributed by atoms with E-state index >= 15 is 0 Å². The van der Waals surface area contributed by atoms with E-state index in [1.54, 1.807) is 7.11 Å². The van der Waals surface area contributed by atoms with Crippen LogP contribution in [0.4, 0.5) is 4.39 Å². The van der Waals surface area contributed by atoms with Gasteiger partial charge in [-0.05, 0) is 78.0 Å². The molecule has 1 heterocycles. The second-order valence-electron chi connectivity index (χ2n) is 8.53. The van der Waals surface area contributed by atoms with Crippen LogP contribution in [0.3, 0.4) is 0 Å². The third kappa shape index (κ3) is 6.21. The summed E-state index contributed by atoms with van der Waals surface area (Å²) < 4.78 is 25.3. The lowest BCUT2D eigenvalue weighted by molar-refractivity contribution is -0.136. The fourth-order valence-electron chi connectivity index (χ4n) is 4.07. The van der Waals surface area contributed by atoms with Crippen LogP contribution in [0, 0.1) is 12.7 Å². The number of nitrogens with one attached hydrogen (secondary N) is 1. The topological polar surface area (TPSA) is 97.5 Å². The molecule has 0 saturated carbocycles. The minimum Gasteiger partial charge on any atom is -0.481 e. The Kier molecular flexibility index (Phi) is 8.20. The molecule has 3 aromatic carbocycles. The van der Waals surface area contributed by atoms with Gasteiger partial charge in [0.2, 0.25) is 5.82 Å². The van der Waals surface area contributed by atoms with Crippen molar-refractivity contribution in [3.05, 3.63) is 83.2 Å². The number of hydrogen-bond donors (Lipinski definition) is 2. The van der Waals surface area contributed by atoms with Crippen molar-refractivity contribution in [1.82, 2.24) is 15.5 Å². The zero-order valence-corrected chi connectivity index (χ0v) is 20.3. The van der Waals surface area contributed by atoms with Crippen molar-refractivity contribution in [2.45, 2.75) is 26.4 Å². The van der Waals surface area contributed by atoms with E-state index < -0.39 is 11.8 Å². The Balaban J connectivity index is 1.55. The molecule has 0 aliphatic rings. The number of hydrogen-bond acceptors (Lipinski definition) is 6. The van der Waals surface area contributed by atoms with E-state index in [0.29, 0.717) is 43.4 Å². The fourth-order valence-corrected chi connectivity index (χ4v) is 4.07. The third-order valence-corrected chi connectivity index (χ3v) is 5.84. The second kappa shape index (κ2) is 11.7. The van der Waals surface area contributed by atoms with Gasteiger partial charge in [0.05, 0.1) is 13.0 Å². The Morgan fingerprint density at radius 3 is 2.67 bits per heavy atom. The number of aliphatic carboxylic acids is 1. The van der Waals surface area contributed by atoms with Crippen LogP contribution in [0.15, 0.2) is 65.2 Å². The smallest absolute Gasteiger partial charge is 0.304 e. The van der Waals surface area contributed by atoms with E-state index in [1.165, 1.54) is 17.7 Å². The van der Waals surface area contributed by atoms with Gasteiger partial charge in [-0.3, -0.25) is 4.79 Å². The number of rotatable bonds is 11. The minimum absolute atomic E-state index is 0.0397. The largest absolute Gasteiger partial charge is 0.481 e. The SMILES string of the molecule is COCc1cc(-c2nc(-c3cc(F)cc(CCNCCC(=O)O)c3)no2)ccc1-c1ccccc1C. The highest BCUT2D eigenvalue weighted by atomic mass is 19.1. The van der Waals surface area contributed by atoms with Crippen molar-refractivity contribution >= 4 is 5.97 Å². The summed E-state index contributed by atoms with van der Waals surface area (Å²) in [5, 5.41) is 15.8. The Morgan fingerprint density at radius 1 is 1.06 bits per heavy atom. The summed E-state index contributed by atoms with van der Waals surface area (Å²) in [5.41, 5.74) is 6.38. The van der Waals surface area contributed by atoms with Crippen LogP contribution >= 0.6 is 0 Å². The van der Waals surface area contributed by atoms with Crippen molar-refractivity contribution in [3.8, 4) is 34.0 Å². The molecule has 7 nitrogen and oxygen atoms in total. The number of methoxy groups -OCH3 is 1. The molecule has 0 radical (unpaired) electrons. The highest BCUT2D eigenvalue weighted by Gasteiger charge is 2.15. The Hall–Kier alpha value is -3.88. The van der Waals surface area contributed by atoms with Crippen molar-refractivity contribution in [1.29, 1.82) is 0 Å². The molecule has 4 aromatic rings. The van der Waals surface area contributed by atoms with Gasteiger partial charge in [0.15, 0.2) is 0 Å². The summed E-state index contributed by atoms with van der Waals surface area (Å²) in [4.78, 5) is 15.1. The molecule has 0 amide bonds. The number of halogens is 1. The number of benzene rings is 3. The highest BCUT2D eigenvalue weighted by molar-refractivity contribution is 5.74. The number of ether oxygens (including phenoxy) is 1. The zero-order chi connectivity index (χ0) is 25.5. The van der Waals surface area contributed by atoms with Crippen LogP contribution in [0.2, 0.25) is 0 Å². The lowest BCUT2D eigenvalue weighted by Crippen LogP contribution is -2.20. The molecule has 0 atom stereocenters. The molecule has 36 heavy (non-hydrogen) atoms. The highest BCUT2D eigenvalue weighted by Crippen LogP contribution is 2.32. The predicted octanol–water partition coefficient (Wildman–Crippen LogP) is 5.27. The summed E-state index contributed by atoms with van der Waals surface area (Å²) >= 11 is 0. The predicted molar refractivity (Wildman–Crippen MR) is 135 cm³/mol. The van der Waals surface area contributed by atoms with Gasteiger partial charge < -0.3 is 19.7 Å². The van der Waals surface area contributed by atoms with Crippen molar-refractivity contribution in [2.75, 3.05) is 20.2 Å². The number of aromatic nitrogens is 2. The molecule has 0 aliphatic carbocycles. The van der Waals surface area contributed by atoms with Gasteiger partial charge >= 0.3 is 5.97 Å². The first-order chi connectivity index (χ1) is 17.4. The monoisotopic (exact) mass is 489 g/mol. The van der Waals surface area contributed by atoms with E-state index in [1.807, 2.05) is 36.4 Å². The second-order valence-corrected chi connectivity index (χ2v) is 8.53. The third-order valence-electron chi connectivity index (χ3n) is 5.84. The summed E-state index contributed by atoms with van der Waals surface area (Å²) in [6.07, 6.45) is 0.577. The van der Waals surface area contributed by atoms with E-state index in [2.05, 4.69) is 34.5 Å². The van der Waals surface area contributed by atoms with E-state index in [9.17, 15) is 9.18 Å². The van der Waals surface area contributed by atoms with E-state index in [-0.39, 0.29) is 6.42 Å². The standard InChI is InChI=1S/C28H28FN3O4/c1-18-5-3-4-6-24(18)25-8-7-20(15-22(25)17-35-2)28-31-27(32-36-28)21-13-19(14-23(29)16-21)9-11-30-12-10-26(33)34/h3-8,13-16,30H,9-12,17H2,1-2H3,(H,33,34). The number of aryl methyl sites for hydroxylation is 1. The van der Waals surface area contributed by atoms with Crippen molar-refractivity contribution in [3.63, 3.8) is 0 Å². The molecule has 0 bridgehead atoms. The summed E-state index contributed by atoms with van der Waals surface area (Å²) in [5.74, 6) is -0.632. The molecule has 0 saturated heterocycles. The first kappa shape index (κ1) is 25.2. The number of nitrogens with zero attached hydrogens (tertiary/aromatic N) is 2. The Bertz CT molecular complexity index is 1350. The number of carbonyl (C=O) groups is 1. The van der Waals surface area contributed by atoms with Gasteiger partial charge in [0, 0.05) is 24.8 Å². The van der Waals surface area contributed by atoms with Crippen molar-refractivity contribution in [2.24, 2.45) is 0 Å². The molecule has 0 unspecified atom stereocenters. The van der Waals surface area contributed by atoms with Gasteiger partial charge in [-0.15, -0.1) is 0 Å². The van der Waals surface area contributed by atoms with Crippen molar-refractivity contribution < 1.29 is 23.6 Å². The lowest BCUT2D eigenvalue weighted by Gasteiger charge is -2.12. The van der Waals surface area contributed by atoms with Gasteiger partial charge in [-0.2, -0.15) is 4.98 Å². The number of carboxylic acids is 1. The molecule has 1 aromatic heterocycles. The normalized spacial score (nSPS) is 11.1. The van der Waals surface area contributed by atoms with Crippen LogP contribution in [0.25, 0.3) is 34.0 Å². The molecule has 4 rings (SSSR count). The van der Waals surface area contributed by atoms with Gasteiger partial charge in [0.25, 0.3) is 5.89 Å². The van der Waals surface area contributed by atoms with Gasteiger partial charge in [-0.25, -0.2) is 4.39 Å². The Morgan fingerprint density at radius 2 is 1.89 bits per heavy atom. The molecular formula is C28H28FN3O4. The molecule has 186 valence electrons. The zero-order valence-electron chi connectivity index (χ0n) is 20.3. The average Bonchev–Trinajstić information content (AvgIpc) is 3.35. The molecule has 0 spiro atoms. The fraction of sp³-hybridized carbons (Fsp3) is 0.250. The number of carboxylic acid groups (broad SMARTS) is 1. The van der Waals surface area contributed by atoms with Crippen LogP contribution in [-0.4, -0.2) is 41.4 Å². The molecule has 0 fully saturated rings. The quantitative estimate of drug-likeness (QED) is 0.277. The maximum absolute atomic E-state index is 14.3. The van der Waals surface area contributed by atoms with Gasteiger partial charge in [0.1, 0.15) is 5.82 Å². The van der Waals surface area contributed by atoms with Crippen LogP contribution in [-0.2, 0) is 22.6 Å². The summed E-state index contributed by atoms with van der Waals surface area (Å²) in [6.45, 7) is 3.39. The molecule has 2 N–H and O–H groups in total. The average molecular weight is 490 g/mol. The molecular weight excluding hydrogens is 461 g/mol. The first-order valence-corrected chi connectivity index (χ1v) is 11.7. The molecule has 0 aliphatic heterocycles. The maximum atomic E-state index is 14.3. The van der Waals surface area contributed by atoms with Gasteiger partial charge in [-0.1, -0.05) is 35.5 Å².